The summed E-state index contributed by atoms with van der Waals surface area (Å²) in [6.45, 7) is 2.42. The maximum atomic E-state index is 14.6. The van der Waals surface area contributed by atoms with Gasteiger partial charge in [-0.25, -0.2) is 8.78 Å². The molecule has 3 unspecified atom stereocenters. The van der Waals surface area contributed by atoms with E-state index in [2.05, 4.69) is 4.90 Å². The van der Waals surface area contributed by atoms with Crippen LogP contribution >= 0.6 is 0 Å². The van der Waals surface area contributed by atoms with E-state index in [0.29, 0.717) is 33.0 Å². The molecule has 2 aliphatic heterocycles. The lowest BCUT2D eigenvalue weighted by molar-refractivity contribution is -0.228. The number of hydrogen-bond donors (Lipinski definition) is 0. The van der Waals surface area contributed by atoms with Gasteiger partial charge in [0.15, 0.2) is 0 Å². The van der Waals surface area contributed by atoms with Gasteiger partial charge in [0.05, 0.1) is 5.41 Å². The lowest BCUT2D eigenvalue weighted by atomic mass is 9.74. The van der Waals surface area contributed by atoms with Crippen LogP contribution < -0.4 is 4.74 Å². The van der Waals surface area contributed by atoms with E-state index in [9.17, 15) is 22.0 Å². The summed E-state index contributed by atoms with van der Waals surface area (Å²) in [4.78, 5) is 2.26. The van der Waals surface area contributed by atoms with Gasteiger partial charge in [-0.15, -0.1) is 0 Å². The molecule has 0 aromatic heterocycles. The van der Waals surface area contributed by atoms with Crippen molar-refractivity contribution in [3.05, 3.63) is 101 Å². The molecule has 0 amide bonds. The SMILES string of the molecule is CC(F)(c1ccc2c(c1)OC1CN(Cc3ccccc3)CC21Cc1ccc(F)cc1)C(F)(F)F. The lowest BCUT2D eigenvalue weighted by Crippen LogP contribution is -2.39. The molecular formula is C27H24F5NO. The van der Waals surface area contributed by atoms with Gasteiger partial charge in [-0.2, -0.15) is 13.2 Å². The molecule has 3 aromatic rings. The zero-order chi connectivity index (χ0) is 24.1. The highest BCUT2D eigenvalue weighted by molar-refractivity contribution is 5.51. The first-order valence-electron chi connectivity index (χ1n) is 11.2. The van der Waals surface area contributed by atoms with Crippen molar-refractivity contribution in [2.75, 3.05) is 13.1 Å². The van der Waals surface area contributed by atoms with Crippen molar-refractivity contribution in [2.45, 2.75) is 43.3 Å². The Morgan fingerprint density at radius 2 is 1.65 bits per heavy atom. The van der Waals surface area contributed by atoms with Gasteiger partial charge in [0.2, 0.25) is 5.67 Å². The van der Waals surface area contributed by atoms with Gasteiger partial charge >= 0.3 is 6.18 Å². The highest BCUT2D eigenvalue weighted by atomic mass is 19.4. The smallest absolute Gasteiger partial charge is 0.426 e. The highest BCUT2D eigenvalue weighted by Crippen LogP contribution is 2.52. The summed E-state index contributed by atoms with van der Waals surface area (Å²) in [7, 11) is 0. The molecule has 0 aliphatic carbocycles. The van der Waals surface area contributed by atoms with E-state index >= 15 is 0 Å². The summed E-state index contributed by atoms with van der Waals surface area (Å²) in [6.07, 6.45) is -4.82. The summed E-state index contributed by atoms with van der Waals surface area (Å²) in [5.74, 6) is -0.0471. The van der Waals surface area contributed by atoms with Crippen LogP contribution in [0.1, 0.15) is 29.2 Å². The van der Waals surface area contributed by atoms with Crippen LogP contribution in [-0.4, -0.2) is 30.3 Å². The van der Waals surface area contributed by atoms with Crippen LogP contribution in [0, 0.1) is 5.82 Å². The number of hydrogen-bond acceptors (Lipinski definition) is 2. The minimum absolute atomic E-state index is 0.289. The van der Waals surface area contributed by atoms with E-state index < -0.39 is 22.8 Å². The summed E-state index contributed by atoms with van der Waals surface area (Å²) >= 11 is 0. The number of benzene rings is 3. The first kappa shape index (κ1) is 22.8. The average molecular weight is 473 g/mol. The van der Waals surface area contributed by atoms with Gasteiger partial charge in [-0.1, -0.05) is 54.6 Å². The molecule has 0 spiro atoms. The highest BCUT2D eigenvalue weighted by Gasteiger charge is 2.57. The van der Waals surface area contributed by atoms with Crippen LogP contribution in [-0.2, 0) is 24.0 Å². The second-order valence-corrected chi connectivity index (χ2v) is 9.43. The second kappa shape index (κ2) is 8.08. The van der Waals surface area contributed by atoms with Crippen LogP contribution in [0.4, 0.5) is 22.0 Å². The van der Waals surface area contributed by atoms with Crippen molar-refractivity contribution in [2.24, 2.45) is 0 Å². The average Bonchev–Trinajstić information content (AvgIpc) is 3.26. The van der Waals surface area contributed by atoms with Gasteiger partial charge in [0, 0.05) is 30.8 Å². The standard InChI is InChI=1S/C27H24F5NO/c1-25(29,27(30,31)32)20-9-12-22-23(13-20)34-24-16-33(15-19-5-3-2-4-6-19)17-26(22,24)14-18-7-10-21(28)11-8-18/h2-13,24H,14-17H2,1H3. The fourth-order valence-corrected chi connectivity index (χ4v) is 5.22. The van der Waals surface area contributed by atoms with Gasteiger partial charge in [0.25, 0.3) is 0 Å². The lowest BCUT2D eigenvalue weighted by Gasteiger charge is -2.29. The molecule has 3 atom stereocenters. The predicted octanol–water partition coefficient (Wildman–Crippen LogP) is 6.33. The molecule has 34 heavy (non-hydrogen) atoms. The number of fused-ring (bicyclic) bond motifs is 3. The van der Waals surface area contributed by atoms with Gasteiger partial charge in [-0.05, 0) is 42.7 Å². The Hall–Kier alpha value is -2.93. The van der Waals surface area contributed by atoms with E-state index in [4.69, 9.17) is 4.74 Å². The van der Waals surface area contributed by atoms with E-state index in [1.807, 2.05) is 30.3 Å². The minimum atomic E-state index is -5.03. The molecule has 3 aromatic carbocycles. The zero-order valence-electron chi connectivity index (χ0n) is 18.6. The van der Waals surface area contributed by atoms with Crippen molar-refractivity contribution in [1.29, 1.82) is 0 Å². The molecule has 2 heterocycles. The first-order chi connectivity index (χ1) is 16.1. The molecular weight excluding hydrogens is 449 g/mol. The Morgan fingerprint density at radius 1 is 0.941 bits per heavy atom. The maximum Gasteiger partial charge on any atom is 0.426 e. The van der Waals surface area contributed by atoms with Gasteiger partial charge < -0.3 is 4.74 Å². The van der Waals surface area contributed by atoms with E-state index in [1.54, 1.807) is 18.2 Å². The number of nitrogens with zero attached hydrogens (tertiary/aromatic N) is 1. The Balaban J connectivity index is 1.51. The predicted molar refractivity (Wildman–Crippen MR) is 119 cm³/mol. The molecule has 0 bridgehead atoms. The van der Waals surface area contributed by atoms with Gasteiger partial charge in [0.1, 0.15) is 17.7 Å². The largest absolute Gasteiger partial charge is 0.488 e. The molecule has 1 saturated heterocycles. The monoisotopic (exact) mass is 473 g/mol. The second-order valence-electron chi connectivity index (χ2n) is 9.43. The molecule has 2 nitrogen and oxygen atoms in total. The third kappa shape index (κ3) is 3.86. The van der Waals surface area contributed by atoms with Crippen molar-refractivity contribution in [1.82, 2.24) is 4.90 Å². The summed E-state index contributed by atoms with van der Waals surface area (Å²) < 4.78 is 74.3. The Morgan fingerprint density at radius 3 is 2.32 bits per heavy atom. The van der Waals surface area contributed by atoms with E-state index in [-0.39, 0.29) is 17.7 Å². The number of alkyl halides is 4. The fourth-order valence-electron chi connectivity index (χ4n) is 5.22. The van der Waals surface area contributed by atoms with E-state index in [1.165, 1.54) is 24.3 Å². The number of ether oxygens (including phenoxy) is 1. The molecule has 5 rings (SSSR count). The zero-order valence-corrected chi connectivity index (χ0v) is 18.6. The van der Waals surface area contributed by atoms with E-state index in [0.717, 1.165) is 16.7 Å². The Kier molecular flexibility index (Phi) is 5.43. The topological polar surface area (TPSA) is 12.5 Å². The molecule has 1 fully saturated rings. The van der Waals surface area contributed by atoms with Crippen LogP contribution in [0.25, 0.3) is 0 Å². The Labute approximate surface area is 195 Å². The van der Waals surface area contributed by atoms with Crippen LogP contribution in [0.3, 0.4) is 0 Å². The van der Waals surface area contributed by atoms with Crippen LogP contribution in [0.5, 0.6) is 5.75 Å². The third-order valence-corrected chi connectivity index (χ3v) is 7.09. The molecule has 2 aliphatic rings. The molecule has 178 valence electrons. The summed E-state index contributed by atoms with van der Waals surface area (Å²) in [5.41, 5.74) is -1.68. The molecule has 0 saturated carbocycles. The number of likely N-dealkylation sites (tertiary alicyclic amines) is 1. The minimum Gasteiger partial charge on any atom is -0.488 e. The van der Waals surface area contributed by atoms with Crippen molar-refractivity contribution in [3.8, 4) is 5.75 Å². The normalized spacial score (nSPS) is 23.8. The third-order valence-electron chi connectivity index (χ3n) is 7.09. The molecule has 0 N–H and O–H groups in total. The fraction of sp³-hybridized carbons (Fsp3) is 0.333. The first-order valence-corrected chi connectivity index (χ1v) is 11.2. The number of halogens is 5. The van der Waals surface area contributed by atoms with Crippen LogP contribution in [0.15, 0.2) is 72.8 Å². The summed E-state index contributed by atoms with van der Waals surface area (Å²) in [5, 5.41) is 0. The molecule has 7 heteroatoms. The van der Waals surface area contributed by atoms with Crippen LogP contribution in [0.2, 0.25) is 0 Å². The van der Waals surface area contributed by atoms with Crippen molar-refractivity contribution < 1.29 is 26.7 Å². The quantitative estimate of drug-likeness (QED) is 0.402. The number of rotatable bonds is 5. The maximum absolute atomic E-state index is 14.6. The Bertz CT molecular complexity index is 1180. The molecule has 0 radical (unpaired) electrons. The van der Waals surface area contributed by atoms with Gasteiger partial charge in [-0.3, -0.25) is 4.90 Å². The summed E-state index contributed by atoms with van der Waals surface area (Å²) in [6, 6.07) is 20.2. The van der Waals surface area contributed by atoms with Crippen molar-refractivity contribution >= 4 is 0 Å². The van der Waals surface area contributed by atoms with Crippen molar-refractivity contribution in [3.63, 3.8) is 0 Å².